The molecule has 0 aromatic heterocycles. The maximum Gasteiger partial charge on any atom is 0.123 e. The highest BCUT2D eigenvalue weighted by atomic mass is 35.5. The fourth-order valence-electron chi connectivity index (χ4n) is 0.388. The van der Waals surface area contributed by atoms with Gasteiger partial charge in [0.1, 0.15) is 5.04 Å². The summed E-state index contributed by atoms with van der Waals surface area (Å²) in [5.74, 6) is 0.264. The van der Waals surface area contributed by atoms with Crippen molar-refractivity contribution >= 4 is 27.4 Å². The predicted molar refractivity (Wildman–Crippen MR) is 35.4 cm³/mol. The van der Waals surface area contributed by atoms with E-state index in [4.69, 9.17) is 11.6 Å². The summed E-state index contributed by atoms with van der Waals surface area (Å²) in [4.78, 5) is 3.74. The van der Waals surface area contributed by atoms with E-state index in [1.165, 1.54) is 11.6 Å². The molecule has 44 valence electrons. The zero-order chi connectivity index (χ0) is 5.98. The van der Waals surface area contributed by atoms with Crippen LogP contribution in [0.4, 0.5) is 0 Å². The monoisotopic (exact) mass is 149 g/mol. The van der Waals surface area contributed by atoms with Crippen LogP contribution in [0.3, 0.4) is 0 Å². The van der Waals surface area contributed by atoms with E-state index in [1.54, 1.807) is 0 Å². The predicted octanol–water partition coefficient (Wildman–Crippen LogP) is 0.857. The van der Waals surface area contributed by atoms with Crippen LogP contribution in [0.1, 0.15) is 0 Å². The summed E-state index contributed by atoms with van der Waals surface area (Å²) in [6.07, 6.45) is 1.51. The van der Waals surface area contributed by atoms with Crippen molar-refractivity contribution in [1.29, 1.82) is 0 Å². The lowest BCUT2D eigenvalue weighted by Gasteiger charge is -1.85. The number of hydrogen-bond acceptors (Lipinski definition) is 2. The molecule has 0 radical (unpaired) electrons. The Balaban J connectivity index is 2.73. The van der Waals surface area contributed by atoms with E-state index >= 15 is 0 Å². The number of aliphatic imine (C=N–C) groups is 1. The van der Waals surface area contributed by atoms with Crippen molar-refractivity contribution in [3.8, 4) is 0 Å². The van der Waals surface area contributed by atoms with Gasteiger partial charge in [0.2, 0.25) is 0 Å². The molecule has 1 heterocycles. The van der Waals surface area contributed by atoms with Gasteiger partial charge in [-0.25, -0.2) is 9.20 Å². The van der Waals surface area contributed by atoms with Crippen LogP contribution >= 0.6 is 11.6 Å². The quantitative estimate of drug-likeness (QED) is 0.509. The molecule has 0 saturated heterocycles. The third kappa shape index (κ3) is 0.980. The van der Waals surface area contributed by atoms with Crippen LogP contribution in [0.5, 0.6) is 0 Å². The van der Waals surface area contributed by atoms with E-state index in [0.717, 1.165) is 0 Å². The van der Waals surface area contributed by atoms with Crippen molar-refractivity contribution in [3.05, 3.63) is 11.6 Å². The molecule has 1 aliphatic rings. The van der Waals surface area contributed by atoms with Gasteiger partial charge in [-0.2, -0.15) is 0 Å². The van der Waals surface area contributed by atoms with E-state index in [1.807, 2.05) is 0 Å². The molecule has 0 aliphatic carbocycles. The number of nitrogens with zero attached hydrogens (tertiary/aromatic N) is 1. The lowest BCUT2D eigenvalue weighted by Crippen LogP contribution is -2.01. The topological polar surface area (TPSA) is 29.4 Å². The molecule has 2 nitrogen and oxygen atoms in total. The number of hydrogen-bond donors (Lipinski definition) is 0. The molecule has 0 aromatic carbocycles. The van der Waals surface area contributed by atoms with Crippen LogP contribution in [0.25, 0.3) is 0 Å². The first-order valence-electron chi connectivity index (χ1n) is 2.04. The van der Waals surface area contributed by atoms with Gasteiger partial charge < -0.3 is 0 Å². The first-order chi connectivity index (χ1) is 3.84. The Labute approximate surface area is 54.7 Å². The average Bonchev–Trinajstić information content (AvgIpc) is 2.14. The average molecular weight is 150 g/mol. The van der Waals surface area contributed by atoms with Crippen molar-refractivity contribution in [3.63, 3.8) is 0 Å². The van der Waals surface area contributed by atoms with Crippen LogP contribution in [0.15, 0.2) is 16.6 Å². The molecule has 1 atom stereocenters. The fourth-order valence-corrected chi connectivity index (χ4v) is 1.38. The summed E-state index contributed by atoms with van der Waals surface area (Å²) in [5.41, 5.74) is 0. The van der Waals surface area contributed by atoms with Crippen LogP contribution < -0.4 is 0 Å². The zero-order valence-electron chi connectivity index (χ0n) is 4.00. The maximum atomic E-state index is 10.6. The van der Waals surface area contributed by atoms with Gasteiger partial charge in [0.05, 0.1) is 16.7 Å². The number of alkyl halides is 1. The van der Waals surface area contributed by atoms with Crippen LogP contribution in [-0.4, -0.2) is 15.1 Å². The Bertz CT molecular complexity index is 175. The van der Waals surface area contributed by atoms with Gasteiger partial charge in [-0.1, -0.05) is 0 Å². The van der Waals surface area contributed by atoms with Gasteiger partial charge in [-0.05, 0) is 0 Å². The van der Waals surface area contributed by atoms with Crippen LogP contribution in [0, 0.1) is 0 Å². The first kappa shape index (κ1) is 5.98. The fraction of sp³-hybridized carbons (Fsp3) is 0.250. The summed E-state index contributed by atoms with van der Waals surface area (Å²) < 4.78 is 10.6. The minimum absolute atomic E-state index is 0.264. The smallest absolute Gasteiger partial charge is 0.123 e. The van der Waals surface area contributed by atoms with Crippen LogP contribution in [-0.2, 0) is 10.8 Å². The second-order valence-corrected chi connectivity index (χ2v) is 2.84. The highest BCUT2D eigenvalue weighted by molar-refractivity contribution is 8.03. The molecule has 4 heteroatoms. The van der Waals surface area contributed by atoms with Crippen molar-refractivity contribution in [1.82, 2.24) is 0 Å². The summed E-state index contributed by atoms with van der Waals surface area (Å²) in [6, 6.07) is 0. The minimum atomic E-state index is -1.02. The highest BCUT2D eigenvalue weighted by Crippen LogP contribution is 2.01. The molecule has 1 unspecified atom stereocenters. The van der Waals surface area contributed by atoms with Crippen molar-refractivity contribution in [2.75, 3.05) is 5.88 Å². The molecule has 0 saturated carbocycles. The Morgan fingerprint density at radius 2 is 2.62 bits per heavy atom. The Kier molecular flexibility index (Phi) is 1.81. The Hall–Kier alpha value is -0.150. The summed E-state index contributed by atoms with van der Waals surface area (Å²) >= 11 is 5.34. The summed E-state index contributed by atoms with van der Waals surface area (Å²) in [5, 5.41) is 2.06. The van der Waals surface area contributed by atoms with E-state index in [9.17, 15) is 4.21 Å². The number of rotatable bonds is 1. The van der Waals surface area contributed by atoms with Gasteiger partial charge in [0.25, 0.3) is 0 Å². The Morgan fingerprint density at radius 1 is 1.88 bits per heavy atom. The summed E-state index contributed by atoms with van der Waals surface area (Å²) in [6.45, 7) is 0. The third-order valence-electron chi connectivity index (χ3n) is 0.750. The van der Waals surface area contributed by atoms with Gasteiger partial charge in [0, 0.05) is 11.6 Å². The van der Waals surface area contributed by atoms with Crippen LogP contribution in [0.2, 0.25) is 0 Å². The van der Waals surface area contributed by atoms with Crippen molar-refractivity contribution in [2.45, 2.75) is 0 Å². The van der Waals surface area contributed by atoms with E-state index in [0.29, 0.717) is 5.04 Å². The van der Waals surface area contributed by atoms with Gasteiger partial charge in [-0.3, -0.25) is 0 Å². The lowest BCUT2D eigenvalue weighted by atomic mass is 10.8. The van der Waals surface area contributed by atoms with E-state index in [-0.39, 0.29) is 5.88 Å². The highest BCUT2D eigenvalue weighted by Gasteiger charge is 2.06. The van der Waals surface area contributed by atoms with Gasteiger partial charge >= 0.3 is 0 Å². The molecule has 0 amide bonds. The second kappa shape index (κ2) is 2.42. The second-order valence-electron chi connectivity index (χ2n) is 1.24. The molecule has 0 fully saturated rings. The molecule has 1 aliphatic heterocycles. The molecule has 1 rings (SSSR count). The van der Waals surface area contributed by atoms with Crippen molar-refractivity contribution in [2.24, 2.45) is 4.99 Å². The SMILES string of the molecule is O=S1C=CN=C1CCl. The zero-order valence-corrected chi connectivity index (χ0v) is 5.58. The van der Waals surface area contributed by atoms with Gasteiger partial charge in [0.15, 0.2) is 0 Å². The van der Waals surface area contributed by atoms with Gasteiger partial charge in [-0.15, -0.1) is 11.6 Å². The standard InChI is InChI=1S/C4H4ClNOS/c5-3-4-6-1-2-8(4)7/h1-2H,3H2. The maximum absolute atomic E-state index is 10.6. The first-order valence-corrected chi connectivity index (χ1v) is 3.79. The minimum Gasteiger partial charge on any atom is -0.250 e. The molecule has 0 bridgehead atoms. The number of halogens is 1. The normalized spacial score (nSPS) is 26.1. The molecule has 8 heavy (non-hydrogen) atoms. The molecule has 0 N–H and O–H groups in total. The summed E-state index contributed by atoms with van der Waals surface area (Å²) in [7, 11) is -1.02. The van der Waals surface area contributed by atoms with E-state index in [2.05, 4.69) is 4.99 Å². The third-order valence-corrected chi connectivity index (χ3v) is 2.24. The van der Waals surface area contributed by atoms with E-state index < -0.39 is 10.8 Å². The molecular weight excluding hydrogens is 146 g/mol. The lowest BCUT2D eigenvalue weighted by molar-refractivity contribution is 0.694. The molecule has 0 spiro atoms. The van der Waals surface area contributed by atoms with Crippen molar-refractivity contribution < 1.29 is 4.21 Å². The Morgan fingerprint density at radius 3 is 2.88 bits per heavy atom. The molecule has 0 aromatic rings. The molecular formula is C4H4ClNOS. The largest absolute Gasteiger partial charge is 0.250 e.